The molecule has 0 aromatic rings. The Kier molecular flexibility index (Phi) is 4.71. The lowest BCUT2D eigenvalue weighted by Crippen LogP contribution is -2.49. The van der Waals surface area contributed by atoms with Crippen LogP contribution in [0, 0.1) is 5.92 Å². The lowest BCUT2D eigenvalue weighted by Gasteiger charge is -2.38. The fourth-order valence-electron chi connectivity index (χ4n) is 3.33. The van der Waals surface area contributed by atoms with Gasteiger partial charge in [-0.25, -0.2) is 8.42 Å². The molecular formula is C13H23NO5S. The summed E-state index contributed by atoms with van der Waals surface area (Å²) in [7, 11) is -1.13. The van der Waals surface area contributed by atoms with Gasteiger partial charge in [0.05, 0.1) is 24.4 Å². The van der Waals surface area contributed by atoms with Gasteiger partial charge in [-0.05, 0) is 26.3 Å². The van der Waals surface area contributed by atoms with E-state index in [1.165, 1.54) is 6.26 Å². The largest absolute Gasteiger partial charge is 0.481 e. The van der Waals surface area contributed by atoms with Crippen LogP contribution in [0.2, 0.25) is 0 Å². The summed E-state index contributed by atoms with van der Waals surface area (Å²) in [5.41, 5.74) is 0. The highest BCUT2D eigenvalue weighted by atomic mass is 32.2. The molecule has 6 nitrogen and oxygen atoms in total. The van der Waals surface area contributed by atoms with Crippen molar-refractivity contribution in [2.45, 2.75) is 43.0 Å². The molecule has 1 aliphatic heterocycles. The molecule has 2 fully saturated rings. The van der Waals surface area contributed by atoms with E-state index in [1.54, 1.807) is 0 Å². The van der Waals surface area contributed by atoms with Crippen molar-refractivity contribution in [3.8, 4) is 0 Å². The number of likely N-dealkylation sites (N-methyl/N-ethyl adjacent to an activating group) is 1. The first-order chi connectivity index (χ1) is 9.30. The summed E-state index contributed by atoms with van der Waals surface area (Å²) < 4.78 is 28.7. The van der Waals surface area contributed by atoms with Gasteiger partial charge in [-0.15, -0.1) is 0 Å². The molecule has 1 aliphatic carbocycles. The van der Waals surface area contributed by atoms with Gasteiger partial charge in [-0.3, -0.25) is 9.69 Å². The van der Waals surface area contributed by atoms with E-state index in [2.05, 4.69) is 0 Å². The molecule has 0 amide bonds. The predicted molar refractivity (Wildman–Crippen MR) is 74.4 cm³/mol. The summed E-state index contributed by atoms with van der Waals surface area (Å²) in [5, 5.41) is 8.91. The molecule has 7 heteroatoms. The standard InChI is InChI=1S/C13H23NO5S/c1-14(12-8-19-7-11(12)13(15)16)9-4-3-5-10(6-9)20(2,17)18/h9-12H,3-8H2,1-2H3,(H,15,16). The first-order valence-electron chi connectivity index (χ1n) is 7.02. The van der Waals surface area contributed by atoms with Crippen molar-refractivity contribution >= 4 is 15.8 Å². The average Bonchev–Trinajstić information content (AvgIpc) is 2.86. The van der Waals surface area contributed by atoms with Crippen LogP contribution in [0.15, 0.2) is 0 Å². The third-order valence-electron chi connectivity index (χ3n) is 4.67. The second kappa shape index (κ2) is 5.99. The van der Waals surface area contributed by atoms with E-state index in [4.69, 9.17) is 4.74 Å². The molecule has 20 heavy (non-hydrogen) atoms. The highest BCUT2D eigenvalue weighted by molar-refractivity contribution is 7.91. The number of sulfone groups is 1. The number of carboxylic acid groups (broad SMARTS) is 1. The van der Waals surface area contributed by atoms with Crippen LogP contribution in [0.5, 0.6) is 0 Å². The summed E-state index contributed by atoms with van der Waals surface area (Å²) in [6.07, 6.45) is 4.40. The zero-order valence-electron chi connectivity index (χ0n) is 12.0. The molecular weight excluding hydrogens is 282 g/mol. The molecule has 0 spiro atoms. The molecule has 0 aromatic carbocycles. The monoisotopic (exact) mass is 305 g/mol. The van der Waals surface area contributed by atoms with Gasteiger partial charge in [0.1, 0.15) is 9.84 Å². The highest BCUT2D eigenvalue weighted by Gasteiger charge is 2.40. The maximum absolute atomic E-state index is 11.7. The molecule has 0 radical (unpaired) electrons. The summed E-state index contributed by atoms with van der Waals surface area (Å²) >= 11 is 0. The lowest BCUT2D eigenvalue weighted by atomic mass is 9.91. The van der Waals surface area contributed by atoms with Crippen LogP contribution < -0.4 is 0 Å². The molecule has 4 atom stereocenters. The van der Waals surface area contributed by atoms with Gasteiger partial charge in [-0.1, -0.05) is 6.42 Å². The molecule has 0 bridgehead atoms. The molecule has 116 valence electrons. The zero-order valence-corrected chi connectivity index (χ0v) is 12.8. The molecule has 2 aliphatic rings. The fraction of sp³-hybridized carbons (Fsp3) is 0.923. The van der Waals surface area contributed by atoms with E-state index in [9.17, 15) is 18.3 Å². The first kappa shape index (κ1) is 15.7. The van der Waals surface area contributed by atoms with Crippen molar-refractivity contribution in [2.24, 2.45) is 5.92 Å². The molecule has 2 rings (SSSR count). The average molecular weight is 305 g/mol. The number of ether oxygens (including phenoxy) is 1. The van der Waals surface area contributed by atoms with Crippen molar-refractivity contribution in [1.29, 1.82) is 0 Å². The van der Waals surface area contributed by atoms with Crippen LogP contribution in [0.1, 0.15) is 25.7 Å². The van der Waals surface area contributed by atoms with Gasteiger partial charge in [0, 0.05) is 18.3 Å². The SMILES string of the molecule is CN(C1CCCC(S(C)(=O)=O)C1)C1COCC1C(=O)O. The number of hydrogen-bond acceptors (Lipinski definition) is 5. The molecule has 1 N–H and O–H groups in total. The minimum Gasteiger partial charge on any atom is -0.481 e. The van der Waals surface area contributed by atoms with Crippen LogP contribution in [0.25, 0.3) is 0 Å². The van der Waals surface area contributed by atoms with Crippen LogP contribution >= 0.6 is 0 Å². The van der Waals surface area contributed by atoms with Gasteiger partial charge < -0.3 is 9.84 Å². The highest BCUT2D eigenvalue weighted by Crippen LogP contribution is 2.30. The van der Waals surface area contributed by atoms with Crippen LogP contribution in [0.3, 0.4) is 0 Å². The third-order valence-corrected chi connectivity index (χ3v) is 6.31. The summed E-state index contributed by atoms with van der Waals surface area (Å²) in [6.45, 7) is 0.653. The lowest BCUT2D eigenvalue weighted by molar-refractivity contribution is -0.143. The Balaban J connectivity index is 2.05. The van der Waals surface area contributed by atoms with Crippen molar-refractivity contribution in [3.05, 3.63) is 0 Å². The van der Waals surface area contributed by atoms with E-state index in [-0.39, 0.29) is 23.9 Å². The number of hydrogen-bond donors (Lipinski definition) is 1. The molecule has 1 saturated heterocycles. The maximum Gasteiger partial charge on any atom is 0.310 e. The normalized spacial score (nSPS) is 35.4. The first-order valence-corrected chi connectivity index (χ1v) is 8.97. The fourth-order valence-corrected chi connectivity index (χ4v) is 4.50. The van der Waals surface area contributed by atoms with Crippen LogP contribution in [0.4, 0.5) is 0 Å². The number of rotatable bonds is 4. The van der Waals surface area contributed by atoms with Gasteiger partial charge >= 0.3 is 5.97 Å². The van der Waals surface area contributed by atoms with Crippen LogP contribution in [-0.2, 0) is 19.4 Å². The van der Waals surface area contributed by atoms with Gasteiger partial charge in [0.25, 0.3) is 0 Å². The predicted octanol–water partition coefficient (Wildman–Crippen LogP) is 0.374. The van der Waals surface area contributed by atoms with E-state index in [0.29, 0.717) is 19.4 Å². The third kappa shape index (κ3) is 3.32. The smallest absolute Gasteiger partial charge is 0.310 e. The quantitative estimate of drug-likeness (QED) is 0.808. The van der Waals surface area contributed by atoms with E-state index in [0.717, 1.165) is 12.8 Å². The summed E-state index contributed by atoms with van der Waals surface area (Å²) in [5.74, 6) is -1.35. The second-order valence-electron chi connectivity index (χ2n) is 5.99. The van der Waals surface area contributed by atoms with Gasteiger partial charge in [0.2, 0.25) is 0 Å². The van der Waals surface area contributed by atoms with Crippen molar-refractivity contribution in [2.75, 3.05) is 26.5 Å². The Morgan fingerprint density at radius 3 is 2.60 bits per heavy atom. The Labute approximate surface area is 120 Å². The van der Waals surface area contributed by atoms with E-state index < -0.39 is 21.7 Å². The van der Waals surface area contributed by atoms with E-state index in [1.807, 2.05) is 11.9 Å². The molecule has 4 unspecified atom stereocenters. The second-order valence-corrected chi connectivity index (χ2v) is 8.31. The number of nitrogens with zero attached hydrogens (tertiary/aromatic N) is 1. The summed E-state index contributed by atoms with van der Waals surface area (Å²) in [6, 6.07) is -0.0344. The Morgan fingerprint density at radius 1 is 1.30 bits per heavy atom. The number of aliphatic carboxylic acids is 1. The van der Waals surface area contributed by atoms with Crippen molar-refractivity contribution in [3.63, 3.8) is 0 Å². The van der Waals surface area contributed by atoms with Gasteiger partial charge in [0.15, 0.2) is 0 Å². The van der Waals surface area contributed by atoms with Crippen LogP contribution in [-0.4, -0.2) is 68.2 Å². The number of carboxylic acids is 1. The summed E-state index contributed by atoms with van der Waals surface area (Å²) in [4.78, 5) is 13.3. The number of carbonyl (C=O) groups is 1. The van der Waals surface area contributed by atoms with Gasteiger partial charge in [-0.2, -0.15) is 0 Å². The molecule has 0 aromatic heterocycles. The molecule has 1 saturated carbocycles. The minimum absolute atomic E-state index is 0.122. The Hall–Kier alpha value is -0.660. The zero-order chi connectivity index (χ0) is 14.9. The Bertz CT molecular complexity index is 463. The van der Waals surface area contributed by atoms with Crippen molar-refractivity contribution in [1.82, 2.24) is 4.90 Å². The minimum atomic E-state index is -3.02. The van der Waals surface area contributed by atoms with Crippen molar-refractivity contribution < 1.29 is 23.1 Å². The van der Waals surface area contributed by atoms with E-state index >= 15 is 0 Å². The Morgan fingerprint density at radius 2 is 2.00 bits per heavy atom. The topological polar surface area (TPSA) is 83.9 Å². The molecule has 1 heterocycles. The maximum atomic E-state index is 11.7.